The smallest absolute Gasteiger partial charge is 0.125 e. The number of hydrogen-bond acceptors (Lipinski definition) is 4. The fraction of sp³-hybridized carbons (Fsp3) is 0.167. The summed E-state index contributed by atoms with van der Waals surface area (Å²) in [6, 6.07) is 5.70. The van der Waals surface area contributed by atoms with Gasteiger partial charge in [-0.1, -0.05) is 0 Å². The molecule has 0 aromatic carbocycles. The molecule has 4 nitrogen and oxygen atoms in total. The lowest BCUT2D eigenvalue weighted by atomic mass is 10.1. The highest BCUT2D eigenvalue weighted by Gasteiger charge is 1.98. The molecule has 2 heterocycles. The van der Waals surface area contributed by atoms with E-state index in [1.54, 1.807) is 12.4 Å². The number of pyridine rings is 2. The summed E-state index contributed by atoms with van der Waals surface area (Å²) in [4.78, 5) is 8.04. The molecule has 4 heteroatoms. The minimum absolute atomic E-state index is 0.521. The number of aryl methyl sites for hydroxylation is 1. The Bertz CT molecular complexity index is 482. The SMILES string of the molecule is Cc1ccncc1CNc1ccnc(N)c1. The Kier molecular flexibility index (Phi) is 3.00. The topological polar surface area (TPSA) is 63.8 Å². The van der Waals surface area contributed by atoms with Crippen LogP contribution in [0.4, 0.5) is 11.5 Å². The standard InChI is InChI=1S/C12H14N4/c1-9-2-4-14-7-10(9)8-16-11-3-5-15-12(13)6-11/h2-7H,8H2,1H3,(H3,13,15,16). The maximum absolute atomic E-state index is 5.59. The first-order valence-electron chi connectivity index (χ1n) is 5.10. The van der Waals surface area contributed by atoms with Crippen LogP contribution in [0.15, 0.2) is 36.8 Å². The van der Waals surface area contributed by atoms with Crippen LogP contribution in [-0.4, -0.2) is 9.97 Å². The van der Waals surface area contributed by atoms with Gasteiger partial charge < -0.3 is 11.1 Å². The molecule has 3 N–H and O–H groups in total. The van der Waals surface area contributed by atoms with Crippen molar-refractivity contribution in [1.82, 2.24) is 9.97 Å². The van der Waals surface area contributed by atoms with Gasteiger partial charge in [-0.25, -0.2) is 4.98 Å². The van der Waals surface area contributed by atoms with Crippen LogP contribution >= 0.6 is 0 Å². The van der Waals surface area contributed by atoms with Gasteiger partial charge in [0.25, 0.3) is 0 Å². The Morgan fingerprint density at radius 1 is 1.31 bits per heavy atom. The van der Waals surface area contributed by atoms with Crippen molar-refractivity contribution in [2.75, 3.05) is 11.1 Å². The second-order valence-corrected chi connectivity index (χ2v) is 3.63. The second-order valence-electron chi connectivity index (χ2n) is 3.63. The summed E-state index contributed by atoms with van der Waals surface area (Å²) < 4.78 is 0. The largest absolute Gasteiger partial charge is 0.384 e. The normalized spacial score (nSPS) is 10.1. The molecular formula is C12H14N4. The fourth-order valence-electron chi connectivity index (χ4n) is 1.44. The summed E-state index contributed by atoms with van der Waals surface area (Å²) in [6.45, 7) is 2.81. The highest BCUT2D eigenvalue weighted by molar-refractivity contribution is 5.50. The van der Waals surface area contributed by atoms with Crippen molar-refractivity contribution in [3.63, 3.8) is 0 Å². The Morgan fingerprint density at radius 3 is 2.94 bits per heavy atom. The van der Waals surface area contributed by atoms with E-state index >= 15 is 0 Å². The van der Waals surface area contributed by atoms with Crippen LogP contribution in [0.1, 0.15) is 11.1 Å². The third-order valence-corrected chi connectivity index (χ3v) is 2.41. The van der Waals surface area contributed by atoms with Gasteiger partial charge in [-0.3, -0.25) is 4.98 Å². The van der Waals surface area contributed by atoms with Crippen molar-refractivity contribution in [2.45, 2.75) is 13.5 Å². The van der Waals surface area contributed by atoms with Crippen LogP contribution in [0, 0.1) is 6.92 Å². The zero-order valence-corrected chi connectivity index (χ0v) is 9.14. The van der Waals surface area contributed by atoms with E-state index in [-0.39, 0.29) is 0 Å². The molecule has 2 rings (SSSR count). The minimum Gasteiger partial charge on any atom is -0.384 e. The van der Waals surface area contributed by atoms with Gasteiger partial charge >= 0.3 is 0 Å². The molecule has 0 fully saturated rings. The first kappa shape index (κ1) is 10.4. The molecule has 0 saturated carbocycles. The monoisotopic (exact) mass is 214 g/mol. The van der Waals surface area contributed by atoms with Crippen LogP contribution in [0.3, 0.4) is 0 Å². The molecule has 0 aliphatic carbocycles. The van der Waals surface area contributed by atoms with E-state index in [1.807, 2.05) is 24.4 Å². The van der Waals surface area contributed by atoms with Crippen molar-refractivity contribution in [3.05, 3.63) is 47.9 Å². The minimum atomic E-state index is 0.521. The van der Waals surface area contributed by atoms with Gasteiger partial charge in [0.2, 0.25) is 0 Å². The highest BCUT2D eigenvalue weighted by Crippen LogP contribution is 2.12. The zero-order chi connectivity index (χ0) is 11.4. The lowest BCUT2D eigenvalue weighted by Gasteiger charge is -2.08. The zero-order valence-electron chi connectivity index (χ0n) is 9.14. The van der Waals surface area contributed by atoms with Crippen LogP contribution in [0.5, 0.6) is 0 Å². The number of nitrogens with two attached hydrogens (primary N) is 1. The predicted octanol–water partition coefficient (Wildman–Crippen LogP) is 1.98. The van der Waals surface area contributed by atoms with Gasteiger partial charge in [0.1, 0.15) is 5.82 Å². The number of hydrogen-bond donors (Lipinski definition) is 2. The summed E-state index contributed by atoms with van der Waals surface area (Å²) >= 11 is 0. The van der Waals surface area contributed by atoms with E-state index in [4.69, 9.17) is 5.73 Å². The van der Waals surface area contributed by atoms with E-state index in [0.717, 1.165) is 12.2 Å². The third-order valence-electron chi connectivity index (χ3n) is 2.41. The van der Waals surface area contributed by atoms with Crippen molar-refractivity contribution < 1.29 is 0 Å². The van der Waals surface area contributed by atoms with Crippen LogP contribution in [0.25, 0.3) is 0 Å². The van der Waals surface area contributed by atoms with Gasteiger partial charge in [-0.15, -0.1) is 0 Å². The maximum Gasteiger partial charge on any atom is 0.125 e. The number of nitrogens with zero attached hydrogens (tertiary/aromatic N) is 2. The van der Waals surface area contributed by atoms with E-state index < -0.39 is 0 Å². The molecule has 0 amide bonds. The molecule has 0 spiro atoms. The quantitative estimate of drug-likeness (QED) is 0.820. The van der Waals surface area contributed by atoms with Crippen LogP contribution in [-0.2, 0) is 6.54 Å². The summed E-state index contributed by atoms with van der Waals surface area (Å²) in [7, 11) is 0. The van der Waals surface area contributed by atoms with Crippen molar-refractivity contribution in [2.24, 2.45) is 0 Å². The van der Waals surface area contributed by atoms with Crippen molar-refractivity contribution >= 4 is 11.5 Å². The summed E-state index contributed by atoms with van der Waals surface area (Å²) in [6.07, 6.45) is 5.35. The predicted molar refractivity (Wildman–Crippen MR) is 65.0 cm³/mol. The van der Waals surface area contributed by atoms with E-state index in [2.05, 4.69) is 22.2 Å². The van der Waals surface area contributed by atoms with Crippen LogP contribution in [0.2, 0.25) is 0 Å². The molecular weight excluding hydrogens is 200 g/mol. The molecule has 0 aliphatic heterocycles. The first-order valence-corrected chi connectivity index (χ1v) is 5.10. The maximum atomic E-state index is 5.59. The number of anilines is 2. The van der Waals surface area contributed by atoms with Crippen LogP contribution < -0.4 is 11.1 Å². The molecule has 0 bridgehead atoms. The Hall–Kier alpha value is -2.10. The van der Waals surface area contributed by atoms with Gasteiger partial charge in [-0.2, -0.15) is 0 Å². The average Bonchev–Trinajstić information content (AvgIpc) is 2.28. The summed E-state index contributed by atoms with van der Waals surface area (Å²) in [5, 5.41) is 3.28. The van der Waals surface area contributed by atoms with E-state index in [0.29, 0.717) is 5.82 Å². The summed E-state index contributed by atoms with van der Waals surface area (Å²) in [5.74, 6) is 0.521. The van der Waals surface area contributed by atoms with Gasteiger partial charge in [-0.05, 0) is 30.2 Å². The average molecular weight is 214 g/mol. The van der Waals surface area contributed by atoms with E-state index in [9.17, 15) is 0 Å². The number of rotatable bonds is 3. The highest BCUT2D eigenvalue weighted by atomic mass is 14.9. The fourth-order valence-corrected chi connectivity index (χ4v) is 1.44. The molecule has 82 valence electrons. The lowest BCUT2D eigenvalue weighted by Crippen LogP contribution is -2.02. The molecule has 2 aromatic heterocycles. The molecule has 0 radical (unpaired) electrons. The second kappa shape index (κ2) is 4.61. The van der Waals surface area contributed by atoms with Crippen molar-refractivity contribution in [1.29, 1.82) is 0 Å². The molecule has 0 aliphatic rings. The Morgan fingerprint density at radius 2 is 2.19 bits per heavy atom. The molecule has 0 atom stereocenters. The molecule has 16 heavy (non-hydrogen) atoms. The molecule has 2 aromatic rings. The molecule has 0 unspecified atom stereocenters. The Labute approximate surface area is 94.5 Å². The van der Waals surface area contributed by atoms with E-state index in [1.165, 1.54) is 11.1 Å². The number of nitrogens with one attached hydrogen (secondary N) is 1. The lowest BCUT2D eigenvalue weighted by molar-refractivity contribution is 1.08. The van der Waals surface area contributed by atoms with Gasteiger partial charge in [0.05, 0.1) is 0 Å². The Balaban J connectivity index is 2.05. The van der Waals surface area contributed by atoms with Gasteiger partial charge in [0, 0.05) is 36.9 Å². The number of aromatic nitrogens is 2. The summed E-state index contributed by atoms with van der Waals surface area (Å²) in [5.41, 5.74) is 8.97. The molecule has 0 saturated heterocycles. The number of nitrogen functional groups attached to an aromatic ring is 1. The third kappa shape index (κ3) is 2.48. The first-order chi connectivity index (χ1) is 7.75. The van der Waals surface area contributed by atoms with Gasteiger partial charge in [0.15, 0.2) is 0 Å². The van der Waals surface area contributed by atoms with Crippen molar-refractivity contribution in [3.8, 4) is 0 Å².